The second-order valence-electron chi connectivity index (χ2n) is 3.38. The number of hydrogen-bond acceptors (Lipinski definition) is 3. The van der Waals surface area contributed by atoms with Crippen molar-refractivity contribution in [2.45, 2.75) is 20.8 Å². The standard InChI is InChI=1S/C10H15N3O/c1-7(2)4-5-11-9-6-10(14)13-8(3)12-9/h4,6H,5H2,1-3H3,(H2,11,12,13,14). The summed E-state index contributed by atoms with van der Waals surface area (Å²) in [5.74, 6) is 1.24. The summed E-state index contributed by atoms with van der Waals surface area (Å²) in [6.45, 7) is 6.50. The highest BCUT2D eigenvalue weighted by Crippen LogP contribution is 1.97. The molecule has 0 fully saturated rings. The second kappa shape index (κ2) is 4.60. The molecule has 1 heterocycles. The molecular weight excluding hydrogens is 178 g/mol. The van der Waals surface area contributed by atoms with E-state index in [2.05, 4.69) is 15.3 Å². The van der Waals surface area contributed by atoms with Gasteiger partial charge in [-0.2, -0.15) is 0 Å². The fourth-order valence-electron chi connectivity index (χ4n) is 1.03. The van der Waals surface area contributed by atoms with Crippen molar-refractivity contribution in [3.05, 3.63) is 33.9 Å². The van der Waals surface area contributed by atoms with Crippen molar-refractivity contribution in [1.29, 1.82) is 0 Å². The van der Waals surface area contributed by atoms with Gasteiger partial charge in [0, 0.05) is 12.6 Å². The fraction of sp³-hybridized carbons (Fsp3) is 0.400. The molecule has 14 heavy (non-hydrogen) atoms. The van der Waals surface area contributed by atoms with Gasteiger partial charge in [0.2, 0.25) is 0 Å². The Morgan fingerprint density at radius 3 is 2.93 bits per heavy atom. The lowest BCUT2D eigenvalue weighted by Gasteiger charge is -2.02. The van der Waals surface area contributed by atoms with E-state index in [4.69, 9.17) is 0 Å². The average molecular weight is 193 g/mol. The van der Waals surface area contributed by atoms with Gasteiger partial charge in [-0.25, -0.2) is 4.98 Å². The van der Waals surface area contributed by atoms with E-state index in [0.717, 1.165) is 0 Å². The Morgan fingerprint density at radius 1 is 1.64 bits per heavy atom. The molecule has 2 N–H and O–H groups in total. The van der Waals surface area contributed by atoms with E-state index in [1.807, 2.05) is 19.9 Å². The first-order chi connectivity index (χ1) is 6.58. The van der Waals surface area contributed by atoms with Gasteiger partial charge >= 0.3 is 0 Å². The fourth-order valence-corrected chi connectivity index (χ4v) is 1.03. The van der Waals surface area contributed by atoms with Gasteiger partial charge in [0.15, 0.2) is 0 Å². The maximum absolute atomic E-state index is 11.1. The van der Waals surface area contributed by atoms with Crippen molar-refractivity contribution >= 4 is 5.82 Å². The van der Waals surface area contributed by atoms with E-state index in [9.17, 15) is 4.79 Å². The van der Waals surface area contributed by atoms with Crippen LogP contribution in [-0.2, 0) is 0 Å². The van der Waals surface area contributed by atoms with Gasteiger partial charge in [-0.3, -0.25) is 4.79 Å². The molecule has 0 aliphatic carbocycles. The molecule has 76 valence electrons. The number of anilines is 1. The van der Waals surface area contributed by atoms with Crippen LogP contribution in [0.5, 0.6) is 0 Å². The number of rotatable bonds is 3. The molecule has 0 radical (unpaired) electrons. The van der Waals surface area contributed by atoms with E-state index in [1.165, 1.54) is 11.6 Å². The normalized spacial score (nSPS) is 9.64. The molecule has 0 aromatic carbocycles. The first kappa shape index (κ1) is 10.5. The Balaban J connectivity index is 2.68. The molecule has 0 atom stereocenters. The molecule has 0 bridgehead atoms. The van der Waals surface area contributed by atoms with Gasteiger partial charge in [0.1, 0.15) is 11.6 Å². The smallest absolute Gasteiger partial charge is 0.252 e. The summed E-state index contributed by atoms with van der Waals surface area (Å²) in [5, 5.41) is 3.05. The van der Waals surface area contributed by atoms with Crippen LogP contribution in [0.3, 0.4) is 0 Å². The van der Waals surface area contributed by atoms with Crippen LogP contribution < -0.4 is 10.9 Å². The summed E-state index contributed by atoms with van der Waals surface area (Å²) in [5.41, 5.74) is 1.11. The van der Waals surface area contributed by atoms with Crippen LogP contribution in [0, 0.1) is 6.92 Å². The number of aromatic amines is 1. The van der Waals surface area contributed by atoms with Gasteiger partial charge in [-0.05, 0) is 20.8 Å². The number of H-pyrrole nitrogens is 1. The highest BCUT2D eigenvalue weighted by Gasteiger charge is 1.95. The Labute approximate surface area is 83.1 Å². The lowest BCUT2D eigenvalue weighted by atomic mass is 10.3. The zero-order valence-corrected chi connectivity index (χ0v) is 8.72. The van der Waals surface area contributed by atoms with E-state index in [1.54, 1.807) is 6.92 Å². The number of aryl methyl sites for hydroxylation is 1. The number of allylic oxidation sites excluding steroid dienone is 1. The van der Waals surface area contributed by atoms with E-state index in [-0.39, 0.29) is 5.56 Å². The van der Waals surface area contributed by atoms with Crippen LogP contribution in [0.2, 0.25) is 0 Å². The maximum atomic E-state index is 11.1. The molecule has 0 saturated carbocycles. The average Bonchev–Trinajstić information content (AvgIpc) is 2.01. The van der Waals surface area contributed by atoms with Crippen molar-refractivity contribution in [3.63, 3.8) is 0 Å². The van der Waals surface area contributed by atoms with Crippen molar-refractivity contribution in [2.75, 3.05) is 11.9 Å². The minimum atomic E-state index is -0.128. The monoisotopic (exact) mass is 193 g/mol. The van der Waals surface area contributed by atoms with Gasteiger partial charge in [0.25, 0.3) is 5.56 Å². The van der Waals surface area contributed by atoms with Crippen molar-refractivity contribution < 1.29 is 0 Å². The molecule has 1 rings (SSSR count). The predicted molar refractivity (Wildman–Crippen MR) is 57.5 cm³/mol. The molecular formula is C10H15N3O. The Hall–Kier alpha value is -1.58. The number of nitrogens with one attached hydrogen (secondary N) is 2. The largest absolute Gasteiger partial charge is 0.366 e. The predicted octanol–water partition coefficient (Wildman–Crippen LogP) is 1.46. The van der Waals surface area contributed by atoms with Crippen molar-refractivity contribution in [3.8, 4) is 0 Å². The molecule has 0 aliphatic heterocycles. The minimum absolute atomic E-state index is 0.128. The van der Waals surface area contributed by atoms with Gasteiger partial charge in [-0.15, -0.1) is 0 Å². The van der Waals surface area contributed by atoms with Crippen LogP contribution in [0.15, 0.2) is 22.5 Å². The lowest BCUT2D eigenvalue weighted by molar-refractivity contribution is 1.01. The zero-order valence-electron chi connectivity index (χ0n) is 8.72. The van der Waals surface area contributed by atoms with Gasteiger partial charge in [-0.1, -0.05) is 11.6 Å². The summed E-state index contributed by atoms with van der Waals surface area (Å²) >= 11 is 0. The van der Waals surface area contributed by atoms with Crippen LogP contribution in [0.1, 0.15) is 19.7 Å². The van der Waals surface area contributed by atoms with Gasteiger partial charge < -0.3 is 10.3 Å². The third kappa shape index (κ3) is 3.43. The van der Waals surface area contributed by atoms with E-state index >= 15 is 0 Å². The highest BCUT2D eigenvalue weighted by atomic mass is 16.1. The highest BCUT2D eigenvalue weighted by molar-refractivity contribution is 5.33. The molecule has 0 unspecified atom stereocenters. The molecule has 0 saturated heterocycles. The summed E-state index contributed by atoms with van der Waals surface area (Å²) in [6.07, 6.45) is 2.04. The lowest BCUT2D eigenvalue weighted by Crippen LogP contribution is -2.11. The molecule has 1 aromatic heterocycles. The summed E-state index contributed by atoms with van der Waals surface area (Å²) in [6, 6.07) is 1.45. The summed E-state index contributed by atoms with van der Waals surface area (Å²) in [4.78, 5) is 17.8. The second-order valence-corrected chi connectivity index (χ2v) is 3.38. The molecule has 0 aliphatic rings. The Kier molecular flexibility index (Phi) is 3.45. The van der Waals surface area contributed by atoms with Crippen LogP contribution in [0.4, 0.5) is 5.82 Å². The van der Waals surface area contributed by atoms with Crippen molar-refractivity contribution in [2.24, 2.45) is 0 Å². The summed E-state index contributed by atoms with van der Waals surface area (Å²) < 4.78 is 0. The third-order valence-electron chi connectivity index (χ3n) is 1.65. The van der Waals surface area contributed by atoms with E-state index in [0.29, 0.717) is 18.2 Å². The topological polar surface area (TPSA) is 57.8 Å². The maximum Gasteiger partial charge on any atom is 0.252 e. The SMILES string of the molecule is CC(C)=CCNc1cc(=O)[nH]c(C)n1. The first-order valence-corrected chi connectivity index (χ1v) is 4.53. The Bertz CT molecular complexity index is 389. The van der Waals surface area contributed by atoms with Crippen molar-refractivity contribution in [1.82, 2.24) is 9.97 Å². The zero-order chi connectivity index (χ0) is 10.6. The van der Waals surface area contributed by atoms with Crippen LogP contribution in [-0.4, -0.2) is 16.5 Å². The minimum Gasteiger partial charge on any atom is -0.366 e. The number of aromatic nitrogens is 2. The molecule has 0 amide bonds. The third-order valence-corrected chi connectivity index (χ3v) is 1.65. The van der Waals surface area contributed by atoms with Gasteiger partial charge in [0.05, 0.1) is 0 Å². The number of nitrogens with zero attached hydrogens (tertiary/aromatic N) is 1. The van der Waals surface area contributed by atoms with Crippen LogP contribution in [0.25, 0.3) is 0 Å². The molecule has 4 heteroatoms. The van der Waals surface area contributed by atoms with Crippen LogP contribution >= 0.6 is 0 Å². The Morgan fingerprint density at radius 2 is 2.36 bits per heavy atom. The molecule has 1 aromatic rings. The molecule has 4 nitrogen and oxygen atoms in total. The first-order valence-electron chi connectivity index (χ1n) is 4.53. The summed E-state index contributed by atoms with van der Waals surface area (Å²) in [7, 11) is 0. The van der Waals surface area contributed by atoms with E-state index < -0.39 is 0 Å². The molecule has 0 spiro atoms. The quantitative estimate of drug-likeness (QED) is 0.714. The number of hydrogen-bond donors (Lipinski definition) is 2.